The van der Waals surface area contributed by atoms with Crippen molar-refractivity contribution in [2.45, 2.75) is 19.3 Å². The van der Waals surface area contributed by atoms with Crippen LogP contribution in [0.3, 0.4) is 0 Å². The Labute approximate surface area is 189 Å². The van der Waals surface area contributed by atoms with Gasteiger partial charge in [0.15, 0.2) is 0 Å². The van der Waals surface area contributed by atoms with E-state index in [1.165, 1.54) is 0 Å². The van der Waals surface area contributed by atoms with Gasteiger partial charge in [0.05, 0.1) is 5.41 Å². The maximum Gasteiger partial charge on any atom is 0.272 e. The molecule has 0 saturated carbocycles. The fourth-order valence-electron chi connectivity index (χ4n) is 4.76. The van der Waals surface area contributed by atoms with Crippen molar-refractivity contribution < 1.29 is 9.59 Å². The number of carbonyl (C=O) groups is 2. The van der Waals surface area contributed by atoms with Gasteiger partial charge in [0.1, 0.15) is 5.69 Å². The van der Waals surface area contributed by atoms with Crippen molar-refractivity contribution in [2.24, 2.45) is 5.41 Å². The van der Waals surface area contributed by atoms with E-state index < -0.39 is 5.41 Å². The molecule has 5 heteroatoms. The Morgan fingerprint density at radius 2 is 1.69 bits per heavy atom. The summed E-state index contributed by atoms with van der Waals surface area (Å²) in [6, 6.07) is 23.9. The standard InChI is InChI=1S/C27H29N3O2/c1-29(2)26(32)27(16-10-18-30(20-27)25(31)24-15-8-9-17-28-24)19-22-13-6-7-14-23(22)21-11-4-3-5-12-21/h3-9,11-15,17H,10,16,18-20H2,1-2H3/t27-/m1/s1. The maximum atomic E-state index is 13.5. The maximum absolute atomic E-state index is 13.5. The summed E-state index contributed by atoms with van der Waals surface area (Å²) in [5.74, 6) is -0.0449. The highest BCUT2D eigenvalue weighted by molar-refractivity contribution is 5.93. The summed E-state index contributed by atoms with van der Waals surface area (Å²) >= 11 is 0. The molecule has 0 N–H and O–H groups in total. The molecule has 0 spiro atoms. The summed E-state index contributed by atoms with van der Waals surface area (Å²) in [6.07, 6.45) is 3.75. The van der Waals surface area contributed by atoms with Gasteiger partial charge in [-0.25, -0.2) is 0 Å². The molecule has 0 unspecified atom stereocenters. The molecule has 3 aromatic rings. The first kappa shape index (κ1) is 21.8. The van der Waals surface area contributed by atoms with E-state index in [4.69, 9.17) is 0 Å². The zero-order chi connectivity index (χ0) is 22.6. The lowest BCUT2D eigenvalue weighted by Crippen LogP contribution is -2.54. The van der Waals surface area contributed by atoms with Crippen molar-refractivity contribution in [3.05, 3.63) is 90.3 Å². The predicted molar refractivity (Wildman–Crippen MR) is 126 cm³/mol. The van der Waals surface area contributed by atoms with Crippen molar-refractivity contribution in [1.82, 2.24) is 14.8 Å². The van der Waals surface area contributed by atoms with Crippen LogP contribution in [0, 0.1) is 5.41 Å². The van der Waals surface area contributed by atoms with Crippen LogP contribution in [0.5, 0.6) is 0 Å². The zero-order valence-corrected chi connectivity index (χ0v) is 18.7. The van der Waals surface area contributed by atoms with Crippen LogP contribution in [-0.4, -0.2) is 53.8 Å². The molecular weight excluding hydrogens is 398 g/mol. The van der Waals surface area contributed by atoms with Crippen molar-refractivity contribution in [3.63, 3.8) is 0 Å². The minimum Gasteiger partial charge on any atom is -0.348 e. The molecule has 2 aromatic carbocycles. The van der Waals surface area contributed by atoms with Crippen LogP contribution in [0.15, 0.2) is 79.0 Å². The largest absolute Gasteiger partial charge is 0.348 e. The molecule has 1 aliphatic rings. The van der Waals surface area contributed by atoms with Gasteiger partial charge in [-0.3, -0.25) is 14.6 Å². The summed E-state index contributed by atoms with van der Waals surface area (Å²) in [7, 11) is 3.60. The number of benzene rings is 2. The van der Waals surface area contributed by atoms with E-state index >= 15 is 0 Å². The van der Waals surface area contributed by atoms with E-state index in [0.29, 0.717) is 25.2 Å². The lowest BCUT2D eigenvalue weighted by molar-refractivity contribution is -0.142. The van der Waals surface area contributed by atoms with Crippen LogP contribution in [-0.2, 0) is 11.2 Å². The predicted octanol–water partition coefficient (Wildman–Crippen LogP) is 4.30. The highest BCUT2D eigenvalue weighted by atomic mass is 16.2. The highest BCUT2D eigenvalue weighted by Crippen LogP contribution is 2.38. The minimum atomic E-state index is -0.670. The van der Waals surface area contributed by atoms with Crippen LogP contribution < -0.4 is 0 Å². The number of likely N-dealkylation sites (tertiary alicyclic amines) is 1. The average Bonchev–Trinajstić information content (AvgIpc) is 2.84. The molecule has 0 aliphatic carbocycles. The summed E-state index contributed by atoms with van der Waals surface area (Å²) in [4.78, 5) is 34.4. The Morgan fingerprint density at radius 3 is 2.41 bits per heavy atom. The summed E-state index contributed by atoms with van der Waals surface area (Å²) in [5.41, 5.74) is 3.14. The zero-order valence-electron chi connectivity index (χ0n) is 18.7. The molecular formula is C27H29N3O2. The summed E-state index contributed by atoms with van der Waals surface area (Å²) in [6.45, 7) is 1.03. The lowest BCUT2D eigenvalue weighted by atomic mass is 9.72. The number of piperidine rings is 1. The first-order valence-electron chi connectivity index (χ1n) is 11.1. The van der Waals surface area contributed by atoms with E-state index in [2.05, 4.69) is 29.2 Å². The highest BCUT2D eigenvalue weighted by Gasteiger charge is 2.45. The topological polar surface area (TPSA) is 53.5 Å². The number of amides is 2. The van der Waals surface area contributed by atoms with E-state index in [1.807, 2.05) is 36.4 Å². The van der Waals surface area contributed by atoms with Crippen molar-refractivity contribution in [3.8, 4) is 11.1 Å². The molecule has 0 radical (unpaired) electrons. The molecule has 2 heterocycles. The van der Waals surface area contributed by atoms with E-state index in [9.17, 15) is 9.59 Å². The monoisotopic (exact) mass is 427 g/mol. The van der Waals surface area contributed by atoms with E-state index in [0.717, 1.165) is 29.5 Å². The Morgan fingerprint density at radius 1 is 0.969 bits per heavy atom. The molecule has 1 saturated heterocycles. The van der Waals surface area contributed by atoms with Gasteiger partial charge in [-0.2, -0.15) is 0 Å². The Hall–Kier alpha value is -3.47. The number of hydrogen-bond donors (Lipinski definition) is 0. The quantitative estimate of drug-likeness (QED) is 0.610. The first-order chi connectivity index (χ1) is 15.5. The van der Waals surface area contributed by atoms with Gasteiger partial charge in [-0.05, 0) is 48.1 Å². The normalized spacial score (nSPS) is 18.2. The first-order valence-corrected chi connectivity index (χ1v) is 11.1. The number of aromatic nitrogens is 1. The van der Waals surface area contributed by atoms with Crippen LogP contribution in [0.1, 0.15) is 28.9 Å². The van der Waals surface area contributed by atoms with Crippen LogP contribution in [0.2, 0.25) is 0 Å². The molecule has 32 heavy (non-hydrogen) atoms. The number of pyridine rings is 1. The number of hydrogen-bond acceptors (Lipinski definition) is 3. The third kappa shape index (κ3) is 4.42. The summed E-state index contributed by atoms with van der Waals surface area (Å²) in [5, 5.41) is 0. The molecule has 1 aliphatic heterocycles. The van der Waals surface area contributed by atoms with Gasteiger partial charge in [-0.1, -0.05) is 60.7 Å². The molecule has 4 rings (SSSR count). The third-order valence-electron chi connectivity index (χ3n) is 6.24. The fraction of sp³-hybridized carbons (Fsp3) is 0.296. The van der Waals surface area contributed by atoms with Gasteiger partial charge >= 0.3 is 0 Å². The molecule has 164 valence electrons. The number of carbonyl (C=O) groups excluding carboxylic acids is 2. The molecule has 1 fully saturated rings. The Kier molecular flexibility index (Phi) is 6.35. The van der Waals surface area contributed by atoms with Crippen molar-refractivity contribution in [1.29, 1.82) is 0 Å². The third-order valence-corrected chi connectivity index (χ3v) is 6.24. The van der Waals surface area contributed by atoms with E-state index in [1.54, 1.807) is 42.2 Å². The fourth-order valence-corrected chi connectivity index (χ4v) is 4.76. The second-order valence-corrected chi connectivity index (χ2v) is 8.73. The minimum absolute atomic E-state index is 0.0684. The van der Waals surface area contributed by atoms with Gasteiger partial charge in [0, 0.05) is 33.4 Å². The van der Waals surface area contributed by atoms with Crippen LogP contribution >= 0.6 is 0 Å². The molecule has 1 atom stereocenters. The molecule has 0 bridgehead atoms. The van der Waals surface area contributed by atoms with Crippen LogP contribution in [0.4, 0.5) is 0 Å². The van der Waals surface area contributed by atoms with Gasteiger partial charge in [0.25, 0.3) is 5.91 Å². The van der Waals surface area contributed by atoms with Gasteiger partial charge < -0.3 is 9.80 Å². The van der Waals surface area contributed by atoms with Crippen molar-refractivity contribution in [2.75, 3.05) is 27.2 Å². The van der Waals surface area contributed by atoms with Crippen LogP contribution in [0.25, 0.3) is 11.1 Å². The van der Waals surface area contributed by atoms with Crippen molar-refractivity contribution >= 4 is 11.8 Å². The molecule has 2 amide bonds. The second kappa shape index (κ2) is 9.35. The second-order valence-electron chi connectivity index (χ2n) is 8.73. The summed E-state index contributed by atoms with van der Waals surface area (Å²) < 4.78 is 0. The number of rotatable bonds is 5. The van der Waals surface area contributed by atoms with E-state index in [-0.39, 0.29) is 11.8 Å². The SMILES string of the molecule is CN(C)C(=O)[C@@]1(Cc2ccccc2-c2ccccc2)CCCN(C(=O)c2ccccn2)C1. The average molecular weight is 428 g/mol. The Balaban J connectivity index is 1.70. The lowest BCUT2D eigenvalue weighted by Gasteiger charge is -2.43. The smallest absolute Gasteiger partial charge is 0.272 e. The Bertz CT molecular complexity index is 1080. The van der Waals surface area contributed by atoms with Gasteiger partial charge in [-0.15, -0.1) is 0 Å². The molecule has 5 nitrogen and oxygen atoms in total. The number of nitrogens with zero attached hydrogens (tertiary/aromatic N) is 3. The van der Waals surface area contributed by atoms with Gasteiger partial charge in [0.2, 0.25) is 5.91 Å². The molecule has 1 aromatic heterocycles.